The van der Waals surface area contributed by atoms with Gasteiger partial charge in [-0.1, -0.05) is 12.1 Å². The van der Waals surface area contributed by atoms with Crippen molar-refractivity contribution in [2.75, 3.05) is 36.5 Å². The van der Waals surface area contributed by atoms with Gasteiger partial charge in [-0.3, -0.25) is 4.79 Å². The first-order valence-electron chi connectivity index (χ1n) is 10.7. The summed E-state index contributed by atoms with van der Waals surface area (Å²) in [5.74, 6) is 1.39. The number of ether oxygens (including phenoxy) is 2. The van der Waals surface area contributed by atoms with E-state index in [0.29, 0.717) is 42.9 Å². The average Bonchev–Trinajstić information content (AvgIpc) is 2.84. The van der Waals surface area contributed by atoms with E-state index in [2.05, 4.69) is 15.3 Å². The van der Waals surface area contributed by atoms with E-state index in [-0.39, 0.29) is 17.6 Å². The van der Waals surface area contributed by atoms with E-state index in [9.17, 15) is 9.18 Å². The number of benzene rings is 2. The highest BCUT2D eigenvalue weighted by atomic mass is 19.1. The van der Waals surface area contributed by atoms with Crippen LogP contribution < -0.4 is 19.7 Å². The highest BCUT2D eigenvalue weighted by Gasteiger charge is 2.27. The molecule has 32 heavy (non-hydrogen) atoms. The smallest absolute Gasteiger partial charge is 0.229 e. The van der Waals surface area contributed by atoms with Crippen molar-refractivity contribution in [1.29, 1.82) is 0 Å². The van der Waals surface area contributed by atoms with Gasteiger partial charge in [0.05, 0.1) is 5.92 Å². The standard InChI is InChI=1S/C24H23FN4O3/c25-19-5-1-3-16(11-19)18-13-26-24(27-14-18)29-8-2-4-17(15-29)23(30)28-20-6-7-21-22(12-20)32-10-9-31-21/h1,3,5-7,11-14,17H,2,4,8-10,15H2,(H,28,30). The van der Waals surface area contributed by atoms with Gasteiger partial charge >= 0.3 is 0 Å². The molecule has 1 atom stereocenters. The molecule has 2 aliphatic heterocycles. The Morgan fingerprint density at radius 1 is 1.03 bits per heavy atom. The van der Waals surface area contributed by atoms with Crippen molar-refractivity contribution in [1.82, 2.24) is 9.97 Å². The number of hydrogen-bond acceptors (Lipinski definition) is 6. The van der Waals surface area contributed by atoms with Crippen molar-refractivity contribution in [3.63, 3.8) is 0 Å². The SMILES string of the molecule is O=C(Nc1ccc2c(c1)OCCO2)C1CCCN(c2ncc(-c3cccc(F)c3)cn2)C1. The number of fused-ring (bicyclic) bond motifs is 1. The van der Waals surface area contributed by atoms with E-state index in [1.165, 1.54) is 12.1 Å². The molecule has 0 saturated carbocycles. The van der Waals surface area contributed by atoms with Crippen LogP contribution in [-0.4, -0.2) is 42.2 Å². The van der Waals surface area contributed by atoms with Gasteiger partial charge in [-0.25, -0.2) is 14.4 Å². The number of hydrogen-bond donors (Lipinski definition) is 1. The van der Waals surface area contributed by atoms with Crippen molar-refractivity contribution in [3.05, 3.63) is 60.7 Å². The molecule has 1 fully saturated rings. The highest BCUT2D eigenvalue weighted by Crippen LogP contribution is 2.33. The lowest BCUT2D eigenvalue weighted by Gasteiger charge is -2.32. The average molecular weight is 434 g/mol. The zero-order valence-corrected chi connectivity index (χ0v) is 17.5. The topological polar surface area (TPSA) is 76.6 Å². The van der Waals surface area contributed by atoms with Crippen molar-refractivity contribution in [3.8, 4) is 22.6 Å². The third-order valence-corrected chi connectivity index (χ3v) is 5.68. The minimum atomic E-state index is -0.297. The molecule has 8 heteroatoms. The molecule has 3 aromatic rings. The van der Waals surface area contributed by atoms with Gasteiger partial charge in [0.25, 0.3) is 0 Å². The summed E-state index contributed by atoms with van der Waals surface area (Å²) >= 11 is 0. The first kappa shape index (κ1) is 20.2. The second-order valence-corrected chi connectivity index (χ2v) is 7.91. The first-order chi connectivity index (χ1) is 15.7. The van der Waals surface area contributed by atoms with E-state index in [4.69, 9.17) is 9.47 Å². The maximum absolute atomic E-state index is 13.5. The number of carbonyl (C=O) groups excluding carboxylic acids is 1. The minimum absolute atomic E-state index is 0.0391. The Labute approximate surface area is 185 Å². The molecule has 2 aliphatic rings. The first-order valence-corrected chi connectivity index (χ1v) is 10.7. The molecule has 164 valence electrons. The van der Waals surface area contributed by atoms with Crippen molar-refractivity contribution >= 4 is 17.5 Å². The van der Waals surface area contributed by atoms with E-state index in [0.717, 1.165) is 30.5 Å². The summed E-state index contributed by atoms with van der Waals surface area (Å²) < 4.78 is 24.6. The summed E-state index contributed by atoms with van der Waals surface area (Å²) in [4.78, 5) is 23.8. The fraction of sp³-hybridized carbons (Fsp3) is 0.292. The molecular weight excluding hydrogens is 411 g/mol. The molecule has 1 unspecified atom stereocenters. The lowest BCUT2D eigenvalue weighted by Crippen LogP contribution is -2.41. The predicted octanol–water partition coefficient (Wildman–Crippen LogP) is 3.91. The Balaban J connectivity index is 1.24. The van der Waals surface area contributed by atoms with Gasteiger partial charge in [0.2, 0.25) is 11.9 Å². The van der Waals surface area contributed by atoms with Gasteiger partial charge in [0, 0.05) is 42.8 Å². The van der Waals surface area contributed by atoms with Crippen LogP contribution in [0, 0.1) is 11.7 Å². The number of rotatable bonds is 4. The van der Waals surface area contributed by atoms with Crippen LogP contribution in [0.2, 0.25) is 0 Å². The zero-order chi connectivity index (χ0) is 21.9. The maximum Gasteiger partial charge on any atom is 0.229 e. The Morgan fingerprint density at radius 2 is 1.84 bits per heavy atom. The normalized spacial score (nSPS) is 17.7. The van der Waals surface area contributed by atoms with Gasteiger partial charge in [-0.2, -0.15) is 0 Å². The van der Waals surface area contributed by atoms with E-state index < -0.39 is 0 Å². The van der Waals surface area contributed by atoms with Crippen molar-refractivity contribution < 1.29 is 18.7 Å². The predicted molar refractivity (Wildman–Crippen MR) is 118 cm³/mol. The van der Waals surface area contributed by atoms with Gasteiger partial charge < -0.3 is 19.7 Å². The van der Waals surface area contributed by atoms with Crippen LogP contribution in [0.15, 0.2) is 54.9 Å². The number of nitrogens with one attached hydrogen (secondary N) is 1. The molecule has 0 radical (unpaired) electrons. The minimum Gasteiger partial charge on any atom is -0.486 e. The fourth-order valence-electron chi connectivity index (χ4n) is 4.04. The van der Waals surface area contributed by atoms with E-state index in [1.807, 2.05) is 23.1 Å². The molecule has 0 aliphatic carbocycles. The largest absolute Gasteiger partial charge is 0.486 e. The van der Waals surface area contributed by atoms with Gasteiger partial charge in [-0.05, 0) is 42.7 Å². The van der Waals surface area contributed by atoms with E-state index in [1.54, 1.807) is 24.5 Å². The number of aromatic nitrogens is 2. The molecule has 1 amide bonds. The number of nitrogens with zero attached hydrogens (tertiary/aromatic N) is 3. The Hall–Kier alpha value is -3.68. The number of halogens is 1. The lowest BCUT2D eigenvalue weighted by atomic mass is 9.97. The van der Waals surface area contributed by atoms with Crippen molar-refractivity contribution in [2.45, 2.75) is 12.8 Å². The molecule has 1 saturated heterocycles. The van der Waals surface area contributed by atoms with Gasteiger partial charge in [0.15, 0.2) is 11.5 Å². The molecule has 7 nitrogen and oxygen atoms in total. The monoisotopic (exact) mass is 434 g/mol. The number of anilines is 2. The summed E-state index contributed by atoms with van der Waals surface area (Å²) in [6.07, 6.45) is 5.05. The van der Waals surface area contributed by atoms with Crippen LogP contribution in [0.5, 0.6) is 11.5 Å². The Kier molecular flexibility index (Phi) is 5.58. The molecular formula is C24H23FN4O3. The third kappa shape index (κ3) is 4.34. The fourth-order valence-corrected chi connectivity index (χ4v) is 4.04. The zero-order valence-electron chi connectivity index (χ0n) is 17.5. The Morgan fingerprint density at radius 3 is 2.66 bits per heavy atom. The van der Waals surface area contributed by atoms with Crippen LogP contribution in [0.4, 0.5) is 16.0 Å². The molecule has 1 N–H and O–H groups in total. The highest BCUT2D eigenvalue weighted by molar-refractivity contribution is 5.93. The summed E-state index contributed by atoms with van der Waals surface area (Å²) in [5, 5.41) is 2.99. The summed E-state index contributed by atoms with van der Waals surface area (Å²) in [6.45, 7) is 2.35. The number of carbonyl (C=O) groups is 1. The van der Waals surface area contributed by atoms with E-state index >= 15 is 0 Å². The summed E-state index contributed by atoms with van der Waals surface area (Å²) in [6, 6.07) is 11.8. The Bertz CT molecular complexity index is 1120. The summed E-state index contributed by atoms with van der Waals surface area (Å²) in [7, 11) is 0. The van der Waals surface area contributed by atoms with Crippen LogP contribution in [-0.2, 0) is 4.79 Å². The van der Waals surface area contributed by atoms with Gasteiger partial charge in [-0.15, -0.1) is 0 Å². The molecule has 3 heterocycles. The molecule has 5 rings (SSSR count). The molecule has 0 bridgehead atoms. The lowest BCUT2D eigenvalue weighted by molar-refractivity contribution is -0.120. The maximum atomic E-state index is 13.5. The quantitative estimate of drug-likeness (QED) is 0.671. The van der Waals surface area contributed by atoms with Crippen LogP contribution in [0.1, 0.15) is 12.8 Å². The third-order valence-electron chi connectivity index (χ3n) is 5.68. The van der Waals surface area contributed by atoms with Crippen LogP contribution in [0.3, 0.4) is 0 Å². The molecule has 1 aromatic heterocycles. The molecule has 0 spiro atoms. The molecule has 2 aromatic carbocycles. The van der Waals surface area contributed by atoms with Crippen molar-refractivity contribution in [2.24, 2.45) is 5.92 Å². The van der Waals surface area contributed by atoms with Crippen LogP contribution in [0.25, 0.3) is 11.1 Å². The van der Waals surface area contributed by atoms with Crippen LogP contribution >= 0.6 is 0 Å². The second kappa shape index (κ2) is 8.82. The number of piperidine rings is 1. The second-order valence-electron chi connectivity index (χ2n) is 7.91. The number of amides is 1. The van der Waals surface area contributed by atoms with Gasteiger partial charge in [0.1, 0.15) is 19.0 Å². The summed E-state index contributed by atoms with van der Waals surface area (Å²) in [5.41, 5.74) is 2.16.